The van der Waals surface area contributed by atoms with Gasteiger partial charge >= 0.3 is 11.9 Å². The number of esters is 2. The summed E-state index contributed by atoms with van der Waals surface area (Å²) in [7, 11) is 0. The predicted octanol–water partition coefficient (Wildman–Crippen LogP) is -0.0525. The summed E-state index contributed by atoms with van der Waals surface area (Å²) in [5.74, 6) is -0.475. The molecule has 6 atom stereocenters. The van der Waals surface area contributed by atoms with Crippen LogP contribution in [0.25, 0.3) is 6.08 Å². The summed E-state index contributed by atoms with van der Waals surface area (Å²) in [6.45, 7) is 3.57. The number of benzene rings is 1. The molecule has 2 saturated heterocycles. The first-order valence-corrected chi connectivity index (χ1v) is 10.1. The van der Waals surface area contributed by atoms with Gasteiger partial charge in [-0.15, -0.1) is 0 Å². The van der Waals surface area contributed by atoms with Gasteiger partial charge in [0.1, 0.15) is 56.1 Å². The molecule has 10 heteroatoms. The van der Waals surface area contributed by atoms with E-state index in [0.717, 1.165) is 5.56 Å². The monoisotopic (exact) mass is 450 g/mol. The zero-order valence-corrected chi connectivity index (χ0v) is 17.2. The van der Waals surface area contributed by atoms with Gasteiger partial charge in [0.05, 0.1) is 6.42 Å². The van der Waals surface area contributed by atoms with Gasteiger partial charge < -0.3 is 39.0 Å². The minimum absolute atomic E-state index is 0.00410. The molecule has 3 N–H and O–H groups in total. The molecule has 0 amide bonds. The lowest BCUT2D eigenvalue weighted by Gasteiger charge is -2.40. The highest BCUT2D eigenvalue weighted by molar-refractivity contribution is 5.87. The van der Waals surface area contributed by atoms with Crippen LogP contribution in [0.5, 0.6) is 5.75 Å². The predicted molar refractivity (Wildman–Crippen MR) is 109 cm³/mol. The van der Waals surface area contributed by atoms with Gasteiger partial charge in [-0.05, 0) is 23.8 Å². The van der Waals surface area contributed by atoms with Gasteiger partial charge in [0.2, 0.25) is 0 Å². The number of hydrogen-bond donors (Lipinski definition) is 3. The van der Waals surface area contributed by atoms with Gasteiger partial charge in [-0.3, -0.25) is 4.79 Å². The molecule has 0 radical (unpaired) electrons. The normalized spacial score (nSPS) is 30.2. The van der Waals surface area contributed by atoms with Gasteiger partial charge in [-0.1, -0.05) is 24.8 Å². The third kappa shape index (κ3) is 6.38. The third-order valence-corrected chi connectivity index (χ3v) is 4.87. The van der Waals surface area contributed by atoms with E-state index in [1.807, 2.05) is 0 Å². The van der Waals surface area contributed by atoms with Crippen LogP contribution < -0.4 is 4.74 Å². The maximum absolute atomic E-state index is 12.0. The van der Waals surface area contributed by atoms with Gasteiger partial charge in [-0.25, -0.2) is 4.79 Å². The Morgan fingerprint density at radius 2 is 1.91 bits per heavy atom. The van der Waals surface area contributed by atoms with E-state index in [-0.39, 0.29) is 19.6 Å². The first-order chi connectivity index (χ1) is 15.4. The fraction of sp³-hybridized carbons (Fsp3) is 0.455. The van der Waals surface area contributed by atoms with Crippen LogP contribution in [-0.4, -0.2) is 83.9 Å². The van der Waals surface area contributed by atoms with E-state index in [4.69, 9.17) is 23.7 Å². The summed E-state index contributed by atoms with van der Waals surface area (Å²) in [5.41, 5.74) is 0.738. The second-order valence-electron chi connectivity index (χ2n) is 7.29. The molecule has 0 unspecified atom stereocenters. The zero-order chi connectivity index (χ0) is 23.1. The molecular weight excluding hydrogens is 424 g/mol. The molecule has 0 aliphatic carbocycles. The Balaban J connectivity index is 1.50. The molecule has 3 rings (SSSR count). The molecule has 32 heavy (non-hydrogen) atoms. The Morgan fingerprint density at radius 3 is 2.56 bits per heavy atom. The number of ether oxygens (including phenoxy) is 5. The fourth-order valence-corrected chi connectivity index (χ4v) is 3.14. The topological polar surface area (TPSA) is 141 Å². The molecule has 0 saturated carbocycles. The fourth-order valence-electron chi connectivity index (χ4n) is 3.14. The van der Waals surface area contributed by atoms with E-state index in [0.29, 0.717) is 12.4 Å². The zero-order valence-electron chi connectivity index (χ0n) is 17.2. The molecule has 1 aromatic rings. The Bertz CT molecular complexity index is 821. The highest BCUT2D eigenvalue weighted by Crippen LogP contribution is 2.25. The van der Waals surface area contributed by atoms with E-state index in [1.165, 1.54) is 6.08 Å². The Hall–Kier alpha value is -2.76. The van der Waals surface area contributed by atoms with Crippen molar-refractivity contribution in [3.63, 3.8) is 0 Å². The maximum atomic E-state index is 12.0. The largest absolute Gasteiger partial charge is 0.490 e. The molecule has 0 aromatic heterocycles. The second-order valence-corrected chi connectivity index (χ2v) is 7.29. The molecule has 0 bridgehead atoms. The molecule has 10 nitrogen and oxygen atoms in total. The van der Waals surface area contributed by atoms with Crippen LogP contribution >= 0.6 is 0 Å². The SMILES string of the molecule is C=CCOc1ccc(/C=C/C(=O)OC[C@H]2O[C@@H](O[C@H]3COC(=O)C3)[C@H](O)[C@@H](O)[C@@H]2O)cc1. The van der Waals surface area contributed by atoms with Crippen molar-refractivity contribution in [1.29, 1.82) is 0 Å². The van der Waals surface area contributed by atoms with E-state index in [2.05, 4.69) is 6.58 Å². The van der Waals surface area contributed by atoms with Crippen LogP contribution in [0.3, 0.4) is 0 Å². The second kappa shape index (κ2) is 11.2. The summed E-state index contributed by atoms with van der Waals surface area (Å²) in [6.07, 6.45) is -3.40. The summed E-state index contributed by atoms with van der Waals surface area (Å²) >= 11 is 0. The van der Waals surface area contributed by atoms with Crippen molar-refractivity contribution >= 4 is 18.0 Å². The highest BCUT2D eigenvalue weighted by atomic mass is 16.7. The summed E-state index contributed by atoms with van der Waals surface area (Å²) in [6, 6.07) is 7.01. The lowest BCUT2D eigenvalue weighted by molar-refractivity contribution is -0.311. The first-order valence-electron chi connectivity index (χ1n) is 10.1. The van der Waals surface area contributed by atoms with Crippen LogP contribution in [0, 0.1) is 0 Å². The molecule has 0 spiro atoms. The van der Waals surface area contributed by atoms with E-state index < -0.39 is 48.7 Å². The molecule has 2 aliphatic rings. The highest BCUT2D eigenvalue weighted by Gasteiger charge is 2.46. The van der Waals surface area contributed by atoms with E-state index in [9.17, 15) is 24.9 Å². The quantitative estimate of drug-likeness (QED) is 0.266. The summed E-state index contributed by atoms with van der Waals surface area (Å²) in [4.78, 5) is 23.2. The third-order valence-electron chi connectivity index (χ3n) is 4.87. The molecule has 174 valence electrons. The van der Waals surface area contributed by atoms with Crippen LogP contribution in [0.4, 0.5) is 0 Å². The number of carbonyl (C=O) groups excluding carboxylic acids is 2. The van der Waals surface area contributed by atoms with Crippen molar-refractivity contribution in [3.8, 4) is 5.75 Å². The number of hydrogen-bond acceptors (Lipinski definition) is 10. The van der Waals surface area contributed by atoms with Gasteiger partial charge in [0, 0.05) is 6.08 Å². The van der Waals surface area contributed by atoms with Crippen LogP contribution in [0.2, 0.25) is 0 Å². The molecule has 1 aromatic carbocycles. The number of rotatable bonds is 9. The maximum Gasteiger partial charge on any atom is 0.330 e. The smallest absolute Gasteiger partial charge is 0.330 e. The molecular formula is C22H26O10. The van der Waals surface area contributed by atoms with Gasteiger partial charge in [0.15, 0.2) is 6.29 Å². The summed E-state index contributed by atoms with van der Waals surface area (Å²) in [5, 5.41) is 30.3. The number of aliphatic hydroxyl groups is 3. The first kappa shape index (κ1) is 23.9. The van der Waals surface area contributed by atoms with Crippen molar-refractivity contribution in [1.82, 2.24) is 0 Å². The average Bonchev–Trinajstić information content (AvgIpc) is 3.21. The number of aliphatic hydroxyl groups excluding tert-OH is 3. The minimum Gasteiger partial charge on any atom is -0.490 e. The Labute approximate surface area is 184 Å². The number of carbonyl (C=O) groups is 2. The molecule has 2 fully saturated rings. The van der Waals surface area contributed by atoms with Crippen LogP contribution in [0.15, 0.2) is 43.0 Å². The lowest BCUT2D eigenvalue weighted by atomic mass is 9.99. The van der Waals surface area contributed by atoms with Crippen LogP contribution in [-0.2, 0) is 28.5 Å². The van der Waals surface area contributed by atoms with Crippen LogP contribution in [0.1, 0.15) is 12.0 Å². The van der Waals surface area contributed by atoms with E-state index in [1.54, 1.807) is 36.4 Å². The van der Waals surface area contributed by atoms with Crippen molar-refractivity contribution in [2.75, 3.05) is 19.8 Å². The molecule has 2 heterocycles. The standard InChI is InChI=1S/C22H26O10/c1-2-9-28-14-6-3-13(4-7-14)5-8-17(23)30-12-16-19(25)20(26)21(27)22(32-16)31-15-10-18(24)29-11-15/h2-8,15-16,19-22,25-27H,1,9-12H2/b8-5+/t15-,16-,19-,20+,21-,22-/m1/s1. The van der Waals surface area contributed by atoms with Crippen molar-refractivity contribution in [3.05, 3.63) is 48.6 Å². The average molecular weight is 450 g/mol. The van der Waals surface area contributed by atoms with Gasteiger partial charge in [0.25, 0.3) is 0 Å². The number of cyclic esters (lactones) is 1. The summed E-state index contributed by atoms with van der Waals surface area (Å²) < 4.78 is 26.2. The van der Waals surface area contributed by atoms with Crippen molar-refractivity contribution in [2.24, 2.45) is 0 Å². The molecule has 2 aliphatic heterocycles. The Kier molecular flexibility index (Phi) is 8.37. The van der Waals surface area contributed by atoms with E-state index >= 15 is 0 Å². The minimum atomic E-state index is -1.59. The van der Waals surface area contributed by atoms with Gasteiger partial charge in [-0.2, -0.15) is 0 Å². The lowest BCUT2D eigenvalue weighted by Crippen LogP contribution is -2.60. The van der Waals surface area contributed by atoms with Crippen molar-refractivity contribution < 1.29 is 48.6 Å². The van der Waals surface area contributed by atoms with Crippen molar-refractivity contribution in [2.45, 2.75) is 43.2 Å². The Morgan fingerprint density at radius 1 is 1.16 bits per heavy atom.